The van der Waals surface area contributed by atoms with E-state index in [2.05, 4.69) is 10.6 Å². The first-order chi connectivity index (χ1) is 11.3. The first-order valence-corrected chi connectivity index (χ1v) is 7.29. The number of halogens is 5. The van der Waals surface area contributed by atoms with Gasteiger partial charge >= 0.3 is 6.18 Å². The van der Waals surface area contributed by atoms with E-state index < -0.39 is 23.5 Å². The summed E-state index contributed by atoms with van der Waals surface area (Å²) in [6.45, 7) is 0.0716. The number of carbonyl (C=O) groups excluding carboxylic acids is 1. The monoisotopic (exact) mass is 360 g/mol. The van der Waals surface area contributed by atoms with Gasteiger partial charge in [0.15, 0.2) is 0 Å². The lowest BCUT2D eigenvalue weighted by atomic mass is 10.2. The van der Waals surface area contributed by atoms with E-state index in [1.807, 2.05) is 0 Å². The van der Waals surface area contributed by atoms with Gasteiger partial charge in [-0.2, -0.15) is 13.2 Å². The van der Waals surface area contributed by atoms with Gasteiger partial charge < -0.3 is 10.6 Å². The SMILES string of the molecule is O=C(CCNc1cc(C(F)(F)F)ccc1Cl)Nc1cccc(F)c1. The number of hydrogen-bond donors (Lipinski definition) is 2. The molecule has 0 spiro atoms. The molecule has 2 rings (SSSR count). The Hall–Kier alpha value is -2.28. The maximum Gasteiger partial charge on any atom is 0.416 e. The molecule has 128 valence electrons. The third-order valence-corrected chi connectivity index (χ3v) is 3.40. The summed E-state index contributed by atoms with van der Waals surface area (Å²) in [5.41, 5.74) is -0.444. The zero-order chi connectivity index (χ0) is 17.7. The molecule has 24 heavy (non-hydrogen) atoms. The molecule has 3 nitrogen and oxygen atoms in total. The van der Waals surface area contributed by atoms with Crippen LogP contribution in [-0.2, 0) is 11.0 Å². The number of anilines is 2. The average molecular weight is 361 g/mol. The topological polar surface area (TPSA) is 41.1 Å². The van der Waals surface area contributed by atoms with Gasteiger partial charge in [-0.05, 0) is 36.4 Å². The normalized spacial score (nSPS) is 11.2. The minimum absolute atomic E-state index is 0.0247. The van der Waals surface area contributed by atoms with Crippen molar-refractivity contribution in [2.75, 3.05) is 17.2 Å². The highest BCUT2D eigenvalue weighted by molar-refractivity contribution is 6.33. The second-order valence-electron chi connectivity index (χ2n) is 4.93. The molecule has 0 aliphatic rings. The van der Waals surface area contributed by atoms with E-state index in [-0.39, 0.29) is 23.7 Å². The molecule has 0 aliphatic carbocycles. The third-order valence-electron chi connectivity index (χ3n) is 3.07. The Morgan fingerprint density at radius 1 is 1.12 bits per heavy atom. The first-order valence-electron chi connectivity index (χ1n) is 6.92. The highest BCUT2D eigenvalue weighted by Gasteiger charge is 2.30. The van der Waals surface area contributed by atoms with Crippen LogP contribution in [0.1, 0.15) is 12.0 Å². The molecule has 2 N–H and O–H groups in total. The van der Waals surface area contributed by atoms with Crippen LogP contribution in [0.15, 0.2) is 42.5 Å². The van der Waals surface area contributed by atoms with Gasteiger partial charge in [0.25, 0.3) is 0 Å². The highest BCUT2D eigenvalue weighted by Crippen LogP contribution is 2.33. The molecule has 0 saturated heterocycles. The van der Waals surface area contributed by atoms with Gasteiger partial charge in [0.05, 0.1) is 16.3 Å². The fourth-order valence-corrected chi connectivity index (χ4v) is 2.12. The standard InChI is InChI=1S/C16H13ClF4N2O/c17-13-5-4-10(16(19,20)21)8-14(13)22-7-6-15(24)23-12-3-1-2-11(18)9-12/h1-5,8-9,22H,6-7H2,(H,23,24). The zero-order valence-corrected chi connectivity index (χ0v) is 13.0. The van der Waals surface area contributed by atoms with Gasteiger partial charge in [-0.1, -0.05) is 17.7 Å². The summed E-state index contributed by atoms with van der Waals surface area (Å²) in [5.74, 6) is -0.891. The van der Waals surface area contributed by atoms with Crippen LogP contribution in [-0.4, -0.2) is 12.5 Å². The summed E-state index contributed by atoms with van der Waals surface area (Å²) < 4.78 is 51.0. The van der Waals surface area contributed by atoms with Gasteiger partial charge in [0.1, 0.15) is 5.82 Å². The van der Waals surface area contributed by atoms with E-state index in [9.17, 15) is 22.4 Å². The molecule has 0 heterocycles. The van der Waals surface area contributed by atoms with E-state index in [4.69, 9.17) is 11.6 Å². The molecular formula is C16H13ClF4N2O. The number of nitrogens with one attached hydrogen (secondary N) is 2. The van der Waals surface area contributed by atoms with Crippen LogP contribution >= 0.6 is 11.6 Å². The van der Waals surface area contributed by atoms with Gasteiger partial charge in [0, 0.05) is 18.7 Å². The summed E-state index contributed by atoms with van der Waals surface area (Å²) in [5, 5.41) is 5.29. The van der Waals surface area contributed by atoms with Gasteiger partial charge in [-0.25, -0.2) is 4.39 Å². The van der Waals surface area contributed by atoms with Crippen molar-refractivity contribution in [2.24, 2.45) is 0 Å². The van der Waals surface area contributed by atoms with Crippen molar-refractivity contribution in [1.82, 2.24) is 0 Å². The lowest BCUT2D eigenvalue weighted by Gasteiger charge is -2.12. The molecule has 0 bridgehead atoms. The predicted molar refractivity (Wildman–Crippen MR) is 84.6 cm³/mol. The molecule has 8 heteroatoms. The largest absolute Gasteiger partial charge is 0.416 e. The highest BCUT2D eigenvalue weighted by atomic mass is 35.5. The number of carbonyl (C=O) groups is 1. The summed E-state index contributed by atoms with van der Waals surface area (Å²) >= 11 is 5.84. The summed E-state index contributed by atoms with van der Waals surface area (Å²) in [6, 6.07) is 8.28. The van der Waals surface area contributed by atoms with Gasteiger partial charge in [0.2, 0.25) is 5.91 Å². The van der Waals surface area contributed by atoms with Crippen LogP contribution in [0, 0.1) is 5.82 Å². The maximum absolute atomic E-state index is 13.0. The van der Waals surface area contributed by atoms with E-state index in [0.717, 1.165) is 24.3 Å². The molecule has 0 aliphatic heterocycles. The number of benzene rings is 2. The molecule has 0 aromatic heterocycles. The predicted octanol–water partition coefficient (Wildman–Crippen LogP) is 4.94. The van der Waals surface area contributed by atoms with Crippen molar-refractivity contribution >= 4 is 28.9 Å². The van der Waals surface area contributed by atoms with Crippen LogP contribution in [0.5, 0.6) is 0 Å². The molecule has 2 aromatic carbocycles. The van der Waals surface area contributed by atoms with Crippen LogP contribution in [0.25, 0.3) is 0 Å². The lowest BCUT2D eigenvalue weighted by Crippen LogP contribution is -2.16. The van der Waals surface area contributed by atoms with Crippen molar-refractivity contribution in [3.63, 3.8) is 0 Å². The number of rotatable bonds is 5. The molecule has 0 unspecified atom stereocenters. The zero-order valence-electron chi connectivity index (χ0n) is 12.3. The summed E-state index contributed by atoms with van der Waals surface area (Å²) in [7, 11) is 0. The van der Waals surface area contributed by atoms with Crippen LogP contribution in [0.4, 0.5) is 28.9 Å². The van der Waals surface area contributed by atoms with E-state index in [1.54, 1.807) is 0 Å². The maximum atomic E-state index is 13.0. The fraction of sp³-hybridized carbons (Fsp3) is 0.188. The van der Waals surface area contributed by atoms with Crippen LogP contribution < -0.4 is 10.6 Å². The van der Waals surface area contributed by atoms with Crippen molar-refractivity contribution < 1.29 is 22.4 Å². The molecule has 2 aromatic rings. The number of hydrogen-bond acceptors (Lipinski definition) is 2. The quantitative estimate of drug-likeness (QED) is 0.742. The third kappa shape index (κ3) is 5.13. The Labute approximate surface area is 140 Å². The Morgan fingerprint density at radius 2 is 1.88 bits per heavy atom. The second-order valence-corrected chi connectivity index (χ2v) is 5.33. The Balaban J connectivity index is 1.91. The van der Waals surface area contributed by atoms with Gasteiger partial charge in [-0.3, -0.25) is 4.79 Å². The molecule has 0 fully saturated rings. The molecule has 1 amide bonds. The Bertz CT molecular complexity index is 734. The molecule has 0 saturated carbocycles. The smallest absolute Gasteiger partial charge is 0.383 e. The molecular weight excluding hydrogens is 348 g/mol. The minimum Gasteiger partial charge on any atom is -0.383 e. The first kappa shape index (κ1) is 18.1. The van der Waals surface area contributed by atoms with E-state index >= 15 is 0 Å². The summed E-state index contributed by atoms with van der Waals surface area (Å²) in [6.07, 6.45) is -4.50. The van der Waals surface area contributed by atoms with Crippen molar-refractivity contribution in [2.45, 2.75) is 12.6 Å². The van der Waals surface area contributed by atoms with Crippen molar-refractivity contribution in [3.05, 3.63) is 58.9 Å². The lowest BCUT2D eigenvalue weighted by molar-refractivity contribution is -0.137. The van der Waals surface area contributed by atoms with E-state index in [1.165, 1.54) is 18.2 Å². The average Bonchev–Trinajstić information content (AvgIpc) is 2.48. The minimum atomic E-state index is -4.48. The van der Waals surface area contributed by atoms with Crippen LogP contribution in [0.2, 0.25) is 5.02 Å². The Kier molecular flexibility index (Phi) is 5.66. The van der Waals surface area contributed by atoms with Crippen molar-refractivity contribution in [3.8, 4) is 0 Å². The number of amides is 1. The summed E-state index contributed by atoms with van der Waals surface area (Å²) in [4.78, 5) is 11.7. The molecule has 0 radical (unpaired) electrons. The number of alkyl halides is 3. The van der Waals surface area contributed by atoms with Crippen molar-refractivity contribution in [1.29, 1.82) is 0 Å². The Morgan fingerprint density at radius 3 is 2.54 bits per heavy atom. The van der Waals surface area contributed by atoms with Crippen LogP contribution in [0.3, 0.4) is 0 Å². The van der Waals surface area contributed by atoms with E-state index in [0.29, 0.717) is 5.69 Å². The molecule has 0 atom stereocenters. The van der Waals surface area contributed by atoms with Gasteiger partial charge in [-0.15, -0.1) is 0 Å². The fourth-order valence-electron chi connectivity index (χ4n) is 1.94. The second kappa shape index (κ2) is 7.53.